The summed E-state index contributed by atoms with van der Waals surface area (Å²) in [4.78, 5) is 39.9. The molecule has 0 fully saturated rings. The lowest BCUT2D eigenvalue weighted by Crippen LogP contribution is -2.54. The Kier molecular flexibility index (Phi) is 11.0. The van der Waals surface area contributed by atoms with Gasteiger partial charge in [-0.3, -0.25) is 24.0 Å². The molecule has 0 aromatic heterocycles. The minimum absolute atomic E-state index is 0.0198. The monoisotopic (exact) mass is 596 g/mol. The molecule has 0 aliphatic heterocycles. The zero-order valence-electron chi connectivity index (χ0n) is 24.1. The van der Waals surface area contributed by atoms with Crippen LogP contribution < -0.4 is 14.4 Å². The summed E-state index contributed by atoms with van der Waals surface area (Å²) in [5.41, 5.74) is 1.11. The molecule has 0 aliphatic carbocycles. The molecule has 42 heavy (non-hydrogen) atoms. The number of methoxy groups -OCH3 is 1. The van der Waals surface area contributed by atoms with Gasteiger partial charge in [0.2, 0.25) is 21.8 Å². The second-order valence-electron chi connectivity index (χ2n) is 9.94. The highest BCUT2D eigenvalue weighted by Crippen LogP contribution is 2.25. The molecule has 0 aliphatic rings. The van der Waals surface area contributed by atoms with E-state index in [1.807, 2.05) is 44.2 Å². The first kappa shape index (κ1) is 32.1. The predicted octanol–water partition coefficient (Wildman–Crippen LogP) is 3.92. The molecule has 0 unspecified atom stereocenters. The Balaban J connectivity index is 2.09. The molecule has 3 aromatic carbocycles. The quantitative estimate of drug-likeness (QED) is 0.220. The third-order valence-corrected chi connectivity index (χ3v) is 7.91. The van der Waals surface area contributed by atoms with Gasteiger partial charge in [-0.15, -0.1) is 0 Å². The van der Waals surface area contributed by atoms with E-state index in [-0.39, 0.29) is 36.3 Å². The molecular weight excluding hydrogens is 560 g/mol. The van der Waals surface area contributed by atoms with Crippen LogP contribution in [-0.2, 0) is 32.6 Å². The standard InChI is InChI=1S/C30H36N4O7S/c1-5-22(2)31-30(36)28(18-23-11-7-6-8-12-23)32(20-24-13-9-16-27(17-24)41-3)29(35)21-33(42(4,39)40)25-14-10-15-26(19-25)34(37)38/h6-17,19,22,28H,5,18,20-21H2,1-4H3,(H,31,36)/t22-,28-/m0/s1. The zero-order chi connectivity index (χ0) is 30.9. The Bertz CT molecular complexity index is 1500. The summed E-state index contributed by atoms with van der Waals surface area (Å²) in [6, 6.07) is 20.1. The van der Waals surface area contributed by atoms with Crippen LogP contribution in [0.3, 0.4) is 0 Å². The van der Waals surface area contributed by atoms with Crippen LogP contribution in [0.5, 0.6) is 5.75 Å². The van der Waals surface area contributed by atoms with E-state index in [4.69, 9.17) is 4.74 Å². The Morgan fingerprint density at radius 2 is 1.67 bits per heavy atom. The fourth-order valence-corrected chi connectivity index (χ4v) is 5.18. The van der Waals surface area contributed by atoms with Crippen molar-refractivity contribution in [2.75, 3.05) is 24.2 Å². The van der Waals surface area contributed by atoms with E-state index in [1.165, 1.54) is 30.2 Å². The average molecular weight is 597 g/mol. The highest BCUT2D eigenvalue weighted by molar-refractivity contribution is 7.92. The molecule has 0 bridgehead atoms. The second-order valence-corrected chi connectivity index (χ2v) is 11.8. The van der Waals surface area contributed by atoms with Gasteiger partial charge in [-0.1, -0.05) is 55.5 Å². The van der Waals surface area contributed by atoms with Crippen molar-refractivity contribution in [2.24, 2.45) is 0 Å². The number of nitrogens with zero attached hydrogens (tertiary/aromatic N) is 3. The molecule has 3 aromatic rings. The summed E-state index contributed by atoms with van der Waals surface area (Å²) < 4.78 is 31.9. The van der Waals surface area contributed by atoms with Crippen molar-refractivity contribution in [2.45, 2.75) is 45.3 Å². The summed E-state index contributed by atoms with van der Waals surface area (Å²) in [5.74, 6) is -0.487. The SMILES string of the molecule is CC[C@H](C)NC(=O)[C@H](Cc1ccccc1)N(Cc1cccc(OC)c1)C(=O)CN(c1cccc([N+](=O)[O-])c1)S(C)(=O)=O. The van der Waals surface area contributed by atoms with E-state index in [2.05, 4.69) is 5.32 Å². The first-order valence-electron chi connectivity index (χ1n) is 13.4. The van der Waals surface area contributed by atoms with Crippen LogP contribution in [0.4, 0.5) is 11.4 Å². The van der Waals surface area contributed by atoms with E-state index in [1.54, 1.807) is 24.3 Å². The van der Waals surface area contributed by atoms with Gasteiger partial charge in [0, 0.05) is 31.1 Å². The lowest BCUT2D eigenvalue weighted by atomic mass is 10.0. The second kappa shape index (κ2) is 14.4. The van der Waals surface area contributed by atoms with E-state index in [0.717, 1.165) is 22.2 Å². The summed E-state index contributed by atoms with van der Waals surface area (Å²) in [5, 5.41) is 14.3. The van der Waals surface area contributed by atoms with Crippen molar-refractivity contribution in [3.05, 3.63) is 100 Å². The number of hydrogen-bond acceptors (Lipinski definition) is 7. The van der Waals surface area contributed by atoms with Gasteiger partial charge in [-0.05, 0) is 42.7 Å². The number of nitro groups is 1. The molecule has 0 radical (unpaired) electrons. The Morgan fingerprint density at radius 3 is 2.29 bits per heavy atom. The molecule has 0 heterocycles. The van der Waals surface area contributed by atoms with Crippen LogP contribution in [-0.4, -0.2) is 62.0 Å². The third kappa shape index (κ3) is 8.77. The number of hydrogen-bond donors (Lipinski definition) is 1. The van der Waals surface area contributed by atoms with Gasteiger partial charge in [0.15, 0.2) is 0 Å². The number of ether oxygens (including phenoxy) is 1. The van der Waals surface area contributed by atoms with Crippen LogP contribution in [0.2, 0.25) is 0 Å². The zero-order valence-corrected chi connectivity index (χ0v) is 24.9. The normalized spacial score (nSPS) is 12.6. The van der Waals surface area contributed by atoms with Crippen LogP contribution in [0.25, 0.3) is 0 Å². The third-order valence-electron chi connectivity index (χ3n) is 6.77. The highest BCUT2D eigenvalue weighted by Gasteiger charge is 2.33. The summed E-state index contributed by atoms with van der Waals surface area (Å²) in [6.07, 6.45) is 1.76. The molecule has 11 nitrogen and oxygen atoms in total. The largest absolute Gasteiger partial charge is 0.497 e. The van der Waals surface area contributed by atoms with Gasteiger partial charge in [0.05, 0.1) is 24.0 Å². The molecule has 0 saturated carbocycles. The summed E-state index contributed by atoms with van der Waals surface area (Å²) in [6.45, 7) is 3.10. The van der Waals surface area contributed by atoms with Crippen LogP contribution >= 0.6 is 0 Å². The van der Waals surface area contributed by atoms with E-state index >= 15 is 0 Å². The average Bonchev–Trinajstić information content (AvgIpc) is 2.97. The number of anilines is 1. The molecule has 224 valence electrons. The van der Waals surface area contributed by atoms with Crippen LogP contribution in [0, 0.1) is 10.1 Å². The Morgan fingerprint density at radius 1 is 1.00 bits per heavy atom. The molecule has 2 atom stereocenters. The Labute approximate surface area is 246 Å². The molecule has 2 amide bonds. The number of carbonyl (C=O) groups is 2. The smallest absolute Gasteiger partial charge is 0.271 e. The lowest BCUT2D eigenvalue weighted by molar-refractivity contribution is -0.384. The molecule has 12 heteroatoms. The topological polar surface area (TPSA) is 139 Å². The van der Waals surface area contributed by atoms with Crippen LogP contribution in [0.1, 0.15) is 31.4 Å². The van der Waals surface area contributed by atoms with Crippen LogP contribution in [0.15, 0.2) is 78.9 Å². The number of amides is 2. The van der Waals surface area contributed by atoms with Gasteiger partial charge in [-0.2, -0.15) is 0 Å². The van der Waals surface area contributed by atoms with Gasteiger partial charge >= 0.3 is 0 Å². The number of carbonyl (C=O) groups excluding carboxylic acids is 2. The number of non-ortho nitro benzene ring substituents is 1. The van der Waals surface area contributed by atoms with Crippen molar-refractivity contribution in [3.8, 4) is 5.75 Å². The number of sulfonamides is 1. The fourth-order valence-electron chi connectivity index (χ4n) is 4.34. The lowest BCUT2D eigenvalue weighted by Gasteiger charge is -2.34. The van der Waals surface area contributed by atoms with Crippen molar-refractivity contribution in [3.63, 3.8) is 0 Å². The van der Waals surface area contributed by atoms with E-state index in [9.17, 15) is 28.1 Å². The van der Waals surface area contributed by atoms with E-state index < -0.39 is 33.4 Å². The molecule has 0 saturated heterocycles. The maximum atomic E-state index is 14.1. The highest BCUT2D eigenvalue weighted by atomic mass is 32.2. The predicted molar refractivity (Wildman–Crippen MR) is 161 cm³/mol. The first-order chi connectivity index (χ1) is 19.9. The van der Waals surface area contributed by atoms with Gasteiger partial charge in [0.1, 0.15) is 18.3 Å². The van der Waals surface area contributed by atoms with Gasteiger partial charge in [-0.25, -0.2) is 8.42 Å². The first-order valence-corrected chi connectivity index (χ1v) is 15.3. The number of benzene rings is 3. The van der Waals surface area contributed by atoms with Crippen molar-refractivity contribution >= 4 is 33.2 Å². The molecule has 1 N–H and O–H groups in total. The van der Waals surface area contributed by atoms with E-state index in [0.29, 0.717) is 17.7 Å². The number of nitrogens with one attached hydrogen (secondary N) is 1. The summed E-state index contributed by atoms with van der Waals surface area (Å²) >= 11 is 0. The van der Waals surface area contributed by atoms with Gasteiger partial charge < -0.3 is 15.0 Å². The minimum Gasteiger partial charge on any atom is -0.497 e. The minimum atomic E-state index is -4.06. The molecule has 3 rings (SSSR count). The van der Waals surface area contributed by atoms with Crippen molar-refractivity contribution in [1.82, 2.24) is 10.2 Å². The van der Waals surface area contributed by atoms with Crippen molar-refractivity contribution < 1.29 is 27.7 Å². The summed E-state index contributed by atoms with van der Waals surface area (Å²) in [7, 11) is -2.54. The van der Waals surface area contributed by atoms with Gasteiger partial charge in [0.25, 0.3) is 5.69 Å². The maximum Gasteiger partial charge on any atom is 0.271 e. The Hall–Kier alpha value is -4.45. The van der Waals surface area contributed by atoms with Crippen molar-refractivity contribution in [1.29, 1.82) is 0 Å². The number of rotatable bonds is 14. The molecule has 0 spiro atoms. The molecular formula is C30H36N4O7S. The number of nitro benzene ring substituents is 1. The maximum absolute atomic E-state index is 14.1. The fraction of sp³-hybridized carbons (Fsp3) is 0.333.